The predicted octanol–water partition coefficient (Wildman–Crippen LogP) is 0.883. The van der Waals surface area contributed by atoms with E-state index >= 15 is 0 Å². The molecule has 0 spiro atoms. The summed E-state index contributed by atoms with van der Waals surface area (Å²) in [5.74, 6) is 0.913. The molecule has 1 aromatic carbocycles. The van der Waals surface area contributed by atoms with Crippen molar-refractivity contribution in [3.05, 3.63) is 35.9 Å². The molecule has 0 radical (unpaired) electrons. The summed E-state index contributed by atoms with van der Waals surface area (Å²) in [5.41, 5.74) is 10.8. The van der Waals surface area contributed by atoms with Gasteiger partial charge in [0.1, 0.15) is 13.7 Å². The third kappa shape index (κ3) is 2.29. The number of aromatic nitrogens is 3. The van der Waals surface area contributed by atoms with E-state index in [-0.39, 0.29) is 5.95 Å². The molecule has 2 aromatic heterocycles. The highest BCUT2D eigenvalue weighted by Crippen LogP contribution is 2.25. The highest BCUT2D eigenvalue weighted by Gasteiger charge is 2.11. The minimum atomic E-state index is 0.220. The van der Waals surface area contributed by atoms with E-state index < -0.39 is 0 Å². The molecule has 0 aliphatic rings. The zero-order valence-electron chi connectivity index (χ0n) is 12.3. The Balaban J connectivity index is 2.27. The van der Waals surface area contributed by atoms with Crippen LogP contribution in [0.25, 0.3) is 22.3 Å². The number of nitrogens with zero attached hydrogens (tertiary/aromatic N) is 3. The molecule has 3 aromatic rings. The fourth-order valence-corrected chi connectivity index (χ4v) is 2.58. The van der Waals surface area contributed by atoms with Gasteiger partial charge in [0, 0.05) is 7.05 Å². The fraction of sp³-hybridized carbons (Fsp3) is 0.133. The van der Waals surface area contributed by atoms with Gasteiger partial charge < -0.3 is 11.1 Å². The lowest BCUT2D eigenvalue weighted by Crippen LogP contribution is -2.09. The van der Waals surface area contributed by atoms with Crippen molar-refractivity contribution in [3.8, 4) is 11.3 Å². The van der Waals surface area contributed by atoms with Crippen molar-refractivity contribution in [2.45, 2.75) is 6.92 Å². The molecule has 21 heavy (non-hydrogen) atoms. The van der Waals surface area contributed by atoms with Gasteiger partial charge in [0.05, 0.1) is 11.1 Å². The lowest BCUT2D eigenvalue weighted by molar-refractivity contribution is 1.19. The van der Waals surface area contributed by atoms with Crippen molar-refractivity contribution >= 4 is 36.1 Å². The van der Waals surface area contributed by atoms with Crippen LogP contribution in [0.1, 0.15) is 5.56 Å². The Morgan fingerprint density at radius 2 is 1.90 bits per heavy atom. The number of nitrogen functional groups attached to an aromatic ring is 1. The molecule has 0 aliphatic carbocycles. The van der Waals surface area contributed by atoms with E-state index in [1.165, 1.54) is 11.0 Å². The molecule has 0 amide bonds. The number of hydrogen-bond donors (Lipinski definition) is 2. The summed E-state index contributed by atoms with van der Waals surface area (Å²) >= 11 is 0. The van der Waals surface area contributed by atoms with E-state index in [4.69, 9.17) is 5.73 Å². The lowest BCUT2D eigenvalue weighted by atomic mass is 9.86. The van der Waals surface area contributed by atoms with Gasteiger partial charge in [-0.1, -0.05) is 23.7 Å². The van der Waals surface area contributed by atoms with Crippen molar-refractivity contribution in [3.63, 3.8) is 0 Å². The molecule has 2 heterocycles. The molecule has 0 saturated carbocycles. The maximum absolute atomic E-state index is 5.75. The van der Waals surface area contributed by atoms with Crippen molar-refractivity contribution in [2.75, 3.05) is 18.1 Å². The Morgan fingerprint density at radius 1 is 1.10 bits per heavy atom. The second-order valence-electron chi connectivity index (χ2n) is 5.01. The van der Waals surface area contributed by atoms with Gasteiger partial charge in [-0.05, 0) is 30.2 Å². The number of benzene rings is 1. The Morgan fingerprint density at radius 3 is 2.62 bits per heavy atom. The third-order valence-electron chi connectivity index (χ3n) is 3.55. The Labute approximate surface area is 124 Å². The van der Waals surface area contributed by atoms with Gasteiger partial charge in [0.2, 0.25) is 5.95 Å². The highest BCUT2D eigenvalue weighted by molar-refractivity contribution is 6.36. The summed E-state index contributed by atoms with van der Waals surface area (Å²) in [4.78, 5) is 13.1. The highest BCUT2D eigenvalue weighted by atomic mass is 15.1. The van der Waals surface area contributed by atoms with Crippen LogP contribution in [0.4, 0.5) is 11.8 Å². The van der Waals surface area contributed by atoms with Gasteiger partial charge in [0.25, 0.3) is 0 Å². The maximum Gasteiger partial charge on any atom is 0.224 e. The standard InChI is InChI=1S/C15H16BN5/c1-8-4-3-5-10(16)12(8)11-7-6-9-13(18-2)20-15(17)21-14(9)19-11/h3-7H,16H2,1-2H3,(H3,17,18,19,20,21). The first-order chi connectivity index (χ1) is 10.1. The number of nitrogens with two attached hydrogens (primary N) is 1. The molecule has 6 heteroatoms. The van der Waals surface area contributed by atoms with E-state index in [0.717, 1.165) is 16.6 Å². The third-order valence-corrected chi connectivity index (χ3v) is 3.55. The van der Waals surface area contributed by atoms with Crippen molar-refractivity contribution in [1.29, 1.82) is 0 Å². The van der Waals surface area contributed by atoms with Gasteiger partial charge in [-0.2, -0.15) is 9.97 Å². The number of aryl methyl sites for hydroxylation is 1. The average molecular weight is 277 g/mol. The summed E-state index contributed by atoms with van der Waals surface area (Å²) in [6.07, 6.45) is 0. The van der Waals surface area contributed by atoms with Gasteiger partial charge >= 0.3 is 0 Å². The molecule has 3 rings (SSSR count). The molecular weight excluding hydrogens is 261 g/mol. The van der Waals surface area contributed by atoms with Crippen LogP contribution >= 0.6 is 0 Å². The smallest absolute Gasteiger partial charge is 0.224 e. The topological polar surface area (TPSA) is 76.7 Å². The first-order valence-electron chi connectivity index (χ1n) is 6.79. The second-order valence-corrected chi connectivity index (χ2v) is 5.01. The van der Waals surface area contributed by atoms with E-state index in [0.29, 0.717) is 11.5 Å². The summed E-state index contributed by atoms with van der Waals surface area (Å²) in [6, 6.07) is 10.2. The van der Waals surface area contributed by atoms with Crippen LogP contribution in [0, 0.1) is 6.92 Å². The summed E-state index contributed by atoms with van der Waals surface area (Å²) in [5, 5.41) is 3.88. The Hall–Kier alpha value is -2.63. The number of nitrogens with one attached hydrogen (secondary N) is 1. The molecule has 3 N–H and O–H groups in total. The second kappa shape index (κ2) is 5.05. The number of pyridine rings is 1. The largest absolute Gasteiger partial charge is 0.372 e. The first-order valence-corrected chi connectivity index (χ1v) is 6.79. The molecule has 0 atom stereocenters. The summed E-state index contributed by atoms with van der Waals surface area (Å²) in [7, 11) is 3.89. The normalized spacial score (nSPS) is 10.8. The van der Waals surface area contributed by atoms with Crippen LogP contribution in [0.2, 0.25) is 0 Å². The number of hydrogen-bond acceptors (Lipinski definition) is 5. The summed E-state index contributed by atoms with van der Waals surface area (Å²) < 4.78 is 0. The van der Waals surface area contributed by atoms with Gasteiger partial charge in [0.15, 0.2) is 5.65 Å². The van der Waals surface area contributed by atoms with E-state index in [9.17, 15) is 0 Å². The van der Waals surface area contributed by atoms with Crippen LogP contribution in [-0.2, 0) is 0 Å². The SMILES string of the molecule is Bc1cccc(C)c1-c1ccc2c(NC)nc(N)nc2n1. The van der Waals surface area contributed by atoms with Gasteiger partial charge in [-0.15, -0.1) is 0 Å². The van der Waals surface area contributed by atoms with E-state index in [1.807, 2.05) is 12.1 Å². The molecule has 104 valence electrons. The van der Waals surface area contributed by atoms with Crippen molar-refractivity contribution in [1.82, 2.24) is 15.0 Å². The molecular formula is C15H16BN5. The average Bonchev–Trinajstić information content (AvgIpc) is 2.45. The predicted molar refractivity (Wildman–Crippen MR) is 89.6 cm³/mol. The van der Waals surface area contributed by atoms with Crippen molar-refractivity contribution < 1.29 is 0 Å². The van der Waals surface area contributed by atoms with Crippen LogP contribution < -0.4 is 16.5 Å². The van der Waals surface area contributed by atoms with Crippen molar-refractivity contribution in [2.24, 2.45) is 0 Å². The minimum Gasteiger partial charge on any atom is -0.372 e. The lowest BCUT2D eigenvalue weighted by Gasteiger charge is -2.11. The number of anilines is 2. The Kier molecular flexibility index (Phi) is 3.21. The molecule has 5 nitrogen and oxygen atoms in total. The zero-order valence-corrected chi connectivity index (χ0v) is 12.3. The Bertz CT molecular complexity index is 811. The van der Waals surface area contributed by atoms with Crippen LogP contribution in [0.3, 0.4) is 0 Å². The maximum atomic E-state index is 5.75. The minimum absolute atomic E-state index is 0.220. The van der Waals surface area contributed by atoms with Gasteiger partial charge in [-0.25, -0.2) is 4.98 Å². The molecule has 0 aliphatic heterocycles. The molecule has 0 fully saturated rings. The molecule has 0 bridgehead atoms. The quantitative estimate of drug-likeness (QED) is 0.680. The van der Waals surface area contributed by atoms with E-state index in [1.54, 1.807) is 7.05 Å². The fourth-order valence-electron chi connectivity index (χ4n) is 2.58. The van der Waals surface area contributed by atoms with Crippen LogP contribution in [-0.4, -0.2) is 29.8 Å². The van der Waals surface area contributed by atoms with E-state index in [2.05, 4.69) is 53.2 Å². The van der Waals surface area contributed by atoms with Crippen LogP contribution in [0.15, 0.2) is 30.3 Å². The zero-order chi connectivity index (χ0) is 15.0. The monoisotopic (exact) mass is 277 g/mol. The first kappa shape index (κ1) is 13.4. The molecule has 0 unspecified atom stereocenters. The summed E-state index contributed by atoms with van der Waals surface area (Å²) in [6.45, 7) is 2.08. The number of fused-ring (bicyclic) bond motifs is 1. The van der Waals surface area contributed by atoms with Crippen LogP contribution in [0.5, 0.6) is 0 Å². The molecule has 0 saturated heterocycles. The number of rotatable bonds is 2. The van der Waals surface area contributed by atoms with Gasteiger partial charge in [-0.3, -0.25) is 0 Å².